The van der Waals surface area contributed by atoms with Crippen molar-refractivity contribution in [2.24, 2.45) is 0 Å². The fraction of sp³-hybridized carbons (Fsp3) is 0.375. The topological polar surface area (TPSA) is 47.2 Å². The molecule has 1 N–H and O–H groups in total. The minimum atomic E-state index is -1.53. The van der Waals surface area contributed by atoms with Crippen LogP contribution in [-0.4, -0.2) is 20.1 Å². The van der Waals surface area contributed by atoms with Crippen molar-refractivity contribution in [1.82, 2.24) is 9.36 Å². The van der Waals surface area contributed by atoms with E-state index in [1.165, 1.54) is 16.3 Å². The first-order valence-electron chi connectivity index (χ1n) is 10.1. The van der Waals surface area contributed by atoms with Crippen LogP contribution < -0.4 is 5.56 Å². The molecule has 1 aliphatic heterocycles. The molecule has 4 rings (SSSR count). The molecule has 2 aromatic carbocycles. The number of nitrogens with zero attached hydrogens (tertiary/aromatic N) is 2. The zero-order valence-corrected chi connectivity index (χ0v) is 24.8. The summed E-state index contributed by atoms with van der Waals surface area (Å²) in [5, 5.41) is 10.5. The van der Waals surface area contributed by atoms with E-state index < -0.39 is 11.2 Å². The van der Waals surface area contributed by atoms with Gasteiger partial charge in [0, 0.05) is 53.8 Å². The molecule has 1 atom stereocenters. The van der Waals surface area contributed by atoms with Gasteiger partial charge in [-0.2, -0.15) is 11.1 Å². The summed E-state index contributed by atoms with van der Waals surface area (Å²) in [4.78, 5) is 12.8. The van der Waals surface area contributed by atoms with Crippen molar-refractivity contribution >= 4 is 0 Å². The molecule has 1 aromatic heterocycles. The number of aryl methyl sites for hydroxylation is 1. The standard InChI is InChI=1S/C20H17FN2O2.2C2H6.W.Y/c1-13-8-9-15(14-6-4-3-5-7-14)10-16(13)17-18(24)22-11-20(2,21)12-23(22)19(17)25;2*1-2;;/h3-8,24H,11-12H2,1-2H3;2*1-2H3;;/q-2;;;;. The van der Waals surface area contributed by atoms with E-state index in [1.54, 1.807) is 6.07 Å². The number of aromatic hydroxyl groups is 1. The molecule has 0 saturated carbocycles. The van der Waals surface area contributed by atoms with Crippen LogP contribution in [0.5, 0.6) is 5.88 Å². The number of rotatable bonds is 2. The van der Waals surface area contributed by atoms with Crippen molar-refractivity contribution < 1.29 is 63.3 Å². The quantitative estimate of drug-likeness (QED) is 0.373. The van der Waals surface area contributed by atoms with E-state index in [-0.39, 0.29) is 78.3 Å². The van der Waals surface area contributed by atoms with Crippen LogP contribution in [0.3, 0.4) is 0 Å². The van der Waals surface area contributed by atoms with E-state index in [0.717, 1.165) is 11.1 Å². The number of fused-ring (bicyclic) bond motifs is 1. The molecule has 1 radical (unpaired) electrons. The first-order valence-corrected chi connectivity index (χ1v) is 10.1. The van der Waals surface area contributed by atoms with Crippen LogP contribution in [0.4, 0.5) is 4.39 Å². The molecule has 7 heteroatoms. The van der Waals surface area contributed by atoms with Crippen molar-refractivity contribution in [3.05, 3.63) is 64.4 Å². The van der Waals surface area contributed by atoms with Crippen molar-refractivity contribution in [3.63, 3.8) is 0 Å². The molecule has 0 fully saturated rings. The second-order valence-corrected chi connectivity index (χ2v) is 6.75. The first-order chi connectivity index (χ1) is 13.9. The van der Waals surface area contributed by atoms with E-state index in [0.29, 0.717) is 11.1 Å². The van der Waals surface area contributed by atoms with Gasteiger partial charge in [0.2, 0.25) is 5.88 Å². The van der Waals surface area contributed by atoms with E-state index in [4.69, 9.17) is 0 Å². The summed E-state index contributed by atoms with van der Waals surface area (Å²) in [6.45, 7) is 11.1. The normalized spacial score (nSPS) is 15.8. The van der Waals surface area contributed by atoms with Crippen molar-refractivity contribution in [1.29, 1.82) is 0 Å². The molecule has 0 spiro atoms. The summed E-state index contributed by atoms with van der Waals surface area (Å²) in [7, 11) is 0. The van der Waals surface area contributed by atoms with Crippen LogP contribution in [0, 0.1) is 19.1 Å². The smallest absolute Gasteiger partial charge is 0.275 e. The number of alkyl halides is 1. The van der Waals surface area contributed by atoms with E-state index in [9.17, 15) is 14.3 Å². The number of hydrogen-bond donors (Lipinski definition) is 1. The fourth-order valence-corrected chi connectivity index (χ4v) is 3.32. The molecular formula is C24H29FN2O2WY-2. The predicted octanol–water partition coefficient (Wildman–Crippen LogP) is 5.39. The summed E-state index contributed by atoms with van der Waals surface area (Å²) < 4.78 is 16.8. The largest absolute Gasteiger partial charge is 0.493 e. The van der Waals surface area contributed by atoms with Gasteiger partial charge in [0.15, 0.2) is 0 Å². The Morgan fingerprint density at radius 2 is 1.61 bits per heavy atom. The Bertz CT molecular complexity index is 1030. The molecule has 1 unspecified atom stereocenters. The molecule has 0 aliphatic carbocycles. The molecule has 4 nitrogen and oxygen atoms in total. The van der Waals surface area contributed by atoms with E-state index in [1.807, 2.05) is 65.0 Å². The van der Waals surface area contributed by atoms with E-state index >= 15 is 0 Å². The molecule has 31 heavy (non-hydrogen) atoms. The molecule has 1 aliphatic rings. The van der Waals surface area contributed by atoms with Gasteiger partial charge < -0.3 is 5.11 Å². The van der Waals surface area contributed by atoms with Crippen LogP contribution in [-0.2, 0) is 66.9 Å². The van der Waals surface area contributed by atoms with Gasteiger partial charge in [-0.3, -0.25) is 22.5 Å². The number of aromatic nitrogens is 2. The molecule has 165 valence electrons. The minimum absolute atomic E-state index is 0. The van der Waals surface area contributed by atoms with Gasteiger partial charge >= 0.3 is 0 Å². The Morgan fingerprint density at radius 1 is 1.06 bits per heavy atom. The molecule has 0 saturated heterocycles. The third kappa shape index (κ3) is 6.27. The summed E-state index contributed by atoms with van der Waals surface area (Å²) in [5.74, 6) is -0.212. The van der Waals surface area contributed by atoms with E-state index in [2.05, 4.69) is 12.1 Å². The van der Waals surface area contributed by atoms with Gasteiger partial charge in [-0.1, -0.05) is 45.9 Å². The maximum Gasteiger partial charge on any atom is 0.275 e. The Balaban J connectivity index is 0.00000142. The van der Waals surface area contributed by atoms with Crippen LogP contribution >= 0.6 is 0 Å². The Morgan fingerprint density at radius 3 is 2.16 bits per heavy atom. The van der Waals surface area contributed by atoms with Crippen LogP contribution in [0.1, 0.15) is 40.2 Å². The zero-order valence-electron chi connectivity index (χ0n) is 19.0. The van der Waals surface area contributed by atoms with Gasteiger partial charge in [0.25, 0.3) is 5.56 Å². The average molecular weight is 669 g/mol. The van der Waals surface area contributed by atoms with Gasteiger partial charge in [0.05, 0.1) is 18.7 Å². The maximum atomic E-state index is 14.2. The van der Waals surface area contributed by atoms with Crippen LogP contribution in [0.15, 0.2) is 41.2 Å². The molecular weight excluding hydrogens is 640 g/mol. The summed E-state index contributed by atoms with van der Waals surface area (Å²) in [6, 6.07) is 17.7. The Hall–Kier alpha value is -1.03. The number of hydrogen-bond acceptors (Lipinski definition) is 2. The Kier molecular flexibility index (Phi) is 12.4. The van der Waals surface area contributed by atoms with Crippen LogP contribution in [0.2, 0.25) is 0 Å². The Labute approximate surface area is 224 Å². The van der Waals surface area contributed by atoms with Gasteiger partial charge in [-0.05, 0) is 6.92 Å². The molecule has 0 bridgehead atoms. The predicted molar refractivity (Wildman–Crippen MR) is 116 cm³/mol. The van der Waals surface area contributed by atoms with Gasteiger partial charge in [-0.25, -0.2) is 25.4 Å². The molecule has 2 heterocycles. The van der Waals surface area contributed by atoms with Gasteiger partial charge in [0.1, 0.15) is 5.67 Å². The zero-order chi connectivity index (χ0) is 21.8. The first kappa shape index (κ1) is 30.0. The van der Waals surface area contributed by atoms with Gasteiger partial charge in [-0.15, -0.1) is 19.1 Å². The summed E-state index contributed by atoms with van der Waals surface area (Å²) in [5.41, 5.74) is 1.17. The fourth-order valence-electron chi connectivity index (χ4n) is 3.32. The second-order valence-electron chi connectivity index (χ2n) is 6.75. The average Bonchev–Trinajstić information content (AvgIpc) is 3.18. The summed E-state index contributed by atoms with van der Waals surface area (Å²) >= 11 is 0. The molecule has 0 amide bonds. The van der Waals surface area contributed by atoms with Crippen molar-refractivity contribution in [2.75, 3.05) is 0 Å². The molecule has 3 aromatic rings. The van der Waals surface area contributed by atoms with Crippen molar-refractivity contribution in [3.8, 4) is 28.1 Å². The monoisotopic (exact) mass is 669 g/mol. The second kappa shape index (κ2) is 12.9. The van der Waals surface area contributed by atoms with Crippen LogP contribution in [0.25, 0.3) is 22.3 Å². The SMILES string of the molecule is CC.CC.Cc1c[c-]c(-c2ccccc2)[c-]c1-c1c(O)n2n(c1=O)CC(C)(F)C2.[W].[Y]. The maximum absolute atomic E-state index is 14.2. The third-order valence-corrected chi connectivity index (χ3v) is 4.56. The number of benzene rings is 2. The third-order valence-electron chi connectivity index (χ3n) is 4.56. The summed E-state index contributed by atoms with van der Waals surface area (Å²) in [6.07, 6.45) is 0. The van der Waals surface area contributed by atoms with Crippen molar-refractivity contribution in [2.45, 2.75) is 60.3 Å². The number of halogens is 1. The minimum Gasteiger partial charge on any atom is -0.493 e.